The molecule has 1 aliphatic rings. The van der Waals surface area contributed by atoms with Crippen molar-refractivity contribution in [3.8, 4) is 0 Å². The van der Waals surface area contributed by atoms with Crippen molar-refractivity contribution in [1.82, 2.24) is 0 Å². The summed E-state index contributed by atoms with van der Waals surface area (Å²) in [5, 5.41) is 0.626. The molecule has 2 aromatic rings. The number of aryl methyl sites for hydroxylation is 2. The second-order valence-corrected chi connectivity index (χ2v) is 12.2. The van der Waals surface area contributed by atoms with Crippen molar-refractivity contribution in [2.24, 2.45) is 21.5 Å². The van der Waals surface area contributed by atoms with Crippen LogP contribution >= 0.6 is 11.6 Å². The van der Waals surface area contributed by atoms with Crippen LogP contribution in [0.1, 0.15) is 44.7 Å². The van der Waals surface area contributed by atoms with Crippen LogP contribution in [0.25, 0.3) is 0 Å². The van der Waals surface area contributed by atoms with E-state index in [9.17, 15) is 20.7 Å². The number of nitrogens with zero attached hydrogens (tertiary/aromatic N) is 3. The van der Waals surface area contributed by atoms with Crippen LogP contribution in [0.3, 0.4) is 0 Å². The van der Waals surface area contributed by atoms with Crippen molar-refractivity contribution in [2.75, 3.05) is 10.7 Å². The summed E-state index contributed by atoms with van der Waals surface area (Å²) < 4.78 is 61.6. The van der Waals surface area contributed by atoms with Crippen LogP contribution in [-0.2, 0) is 33.2 Å². The summed E-state index contributed by atoms with van der Waals surface area (Å²) in [5.41, 5.74) is 13.8. The summed E-state index contributed by atoms with van der Waals surface area (Å²) in [6.45, 7) is 5.15. The lowest BCUT2D eigenvalue weighted by molar-refractivity contribution is 0.484. The van der Waals surface area contributed by atoms with Crippen molar-refractivity contribution in [3.63, 3.8) is 0 Å². The molecular weight excluding hydrogens is 545 g/mol. The number of hydrogen-bond acceptors (Lipinski definition) is 9. The van der Waals surface area contributed by atoms with E-state index in [4.69, 9.17) is 27.6 Å². The molecular formula is C23H31ClFN5O5S2. The number of anilines is 1. The van der Waals surface area contributed by atoms with Crippen LogP contribution in [0.5, 0.6) is 0 Å². The fraction of sp³-hybridized carbons (Fsp3) is 0.391. The number of nitrogens with two attached hydrogens (primary N) is 2. The Kier molecular flexibility index (Phi) is 10.1. The minimum atomic E-state index is -4.66. The van der Waals surface area contributed by atoms with E-state index in [1.807, 2.05) is 32.0 Å². The van der Waals surface area contributed by atoms with E-state index < -0.39 is 26.0 Å². The van der Waals surface area contributed by atoms with Crippen LogP contribution < -0.4 is 16.4 Å². The average Bonchev–Trinajstić information content (AvgIpc) is 2.76. The lowest BCUT2D eigenvalue weighted by atomic mass is 10.0. The summed E-state index contributed by atoms with van der Waals surface area (Å²) in [6, 6.07) is 11.6. The highest BCUT2D eigenvalue weighted by atomic mass is 35.5. The standard InChI is InChI=1S/C21H25ClFN5O2S.C2H6O3S/c1-21(2)27-19(24)26-20(25)28(21)16-10-9-15(18(22)13-16)6-4-3-5-14-7-11-17(12-8-14)31(23,29)30;1-2-6(3,4)5/h7-13H,3-6H2,1-2H3,(H4,24,25,26,27);2H2,1H3,(H,3,4,5). The molecule has 5 N–H and O–H groups in total. The second-order valence-electron chi connectivity index (χ2n) is 8.71. The van der Waals surface area contributed by atoms with Crippen LogP contribution in [0.15, 0.2) is 57.3 Å². The predicted octanol–water partition coefficient (Wildman–Crippen LogP) is 3.64. The Morgan fingerprint density at radius 3 is 2.08 bits per heavy atom. The topological polar surface area (TPSA) is 169 Å². The molecule has 0 bridgehead atoms. The third-order valence-electron chi connectivity index (χ3n) is 5.42. The highest BCUT2D eigenvalue weighted by molar-refractivity contribution is 7.86. The molecule has 3 rings (SSSR count). The lowest BCUT2D eigenvalue weighted by Crippen LogP contribution is -2.54. The first kappa shape index (κ1) is 30.5. The van der Waals surface area contributed by atoms with Gasteiger partial charge in [-0.2, -0.15) is 21.8 Å². The molecule has 0 aromatic heterocycles. The maximum absolute atomic E-state index is 12.9. The molecule has 1 heterocycles. The molecule has 0 amide bonds. The first-order valence-corrected chi connectivity index (χ1v) is 14.7. The molecule has 1 aliphatic heterocycles. The van der Waals surface area contributed by atoms with E-state index in [-0.39, 0.29) is 22.6 Å². The van der Waals surface area contributed by atoms with Crippen LogP contribution in [0.2, 0.25) is 5.02 Å². The molecule has 0 atom stereocenters. The summed E-state index contributed by atoms with van der Waals surface area (Å²) in [5.74, 6) is 0.197. The lowest BCUT2D eigenvalue weighted by Gasteiger charge is -2.38. The van der Waals surface area contributed by atoms with Crippen LogP contribution in [0.4, 0.5) is 9.57 Å². The molecule has 204 valence electrons. The number of halogens is 2. The summed E-state index contributed by atoms with van der Waals surface area (Å²) in [7, 11) is -8.32. The number of aliphatic imine (C=N–C) groups is 2. The van der Waals surface area contributed by atoms with Gasteiger partial charge in [-0.25, -0.2) is 4.99 Å². The van der Waals surface area contributed by atoms with E-state index in [1.165, 1.54) is 19.1 Å². The van der Waals surface area contributed by atoms with Crippen molar-refractivity contribution >= 4 is 49.5 Å². The Labute approximate surface area is 222 Å². The van der Waals surface area contributed by atoms with Crippen molar-refractivity contribution in [3.05, 3.63) is 58.6 Å². The third-order valence-corrected chi connectivity index (χ3v) is 7.34. The summed E-state index contributed by atoms with van der Waals surface area (Å²) >= 11 is 6.51. The molecule has 0 fully saturated rings. The molecule has 14 heteroatoms. The molecule has 0 radical (unpaired) electrons. The van der Waals surface area contributed by atoms with Gasteiger partial charge in [0.2, 0.25) is 11.9 Å². The van der Waals surface area contributed by atoms with Gasteiger partial charge in [0, 0.05) is 10.7 Å². The van der Waals surface area contributed by atoms with E-state index in [1.54, 1.807) is 17.0 Å². The maximum atomic E-state index is 12.9. The van der Waals surface area contributed by atoms with Gasteiger partial charge in [-0.3, -0.25) is 9.45 Å². The average molecular weight is 576 g/mol. The summed E-state index contributed by atoms with van der Waals surface area (Å²) in [6.07, 6.45) is 3.32. The monoisotopic (exact) mass is 575 g/mol. The Morgan fingerprint density at radius 2 is 1.59 bits per heavy atom. The number of unbranched alkanes of at least 4 members (excludes halogenated alkanes) is 1. The zero-order valence-corrected chi connectivity index (χ0v) is 23.1. The van der Waals surface area contributed by atoms with Crippen LogP contribution in [-0.4, -0.2) is 44.7 Å². The predicted molar refractivity (Wildman–Crippen MR) is 145 cm³/mol. The Morgan fingerprint density at radius 1 is 1.03 bits per heavy atom. The van der Waals surface area contributed by atoms with E-state index in [0.29, 0.717) is 5.02 Å². The molecule has 10 nitrogen and oxygen atoms in total. The zero-order chi connectivity index (χ0) is 28.0. The number of rotatable bonds is 8. The summed E-state index contributed by atoms with van der Waals surface area (Å²) in [4.78, 5) is 9.84. The highest BCUT2D eigenvalue weighted by Gasteiger charge is 2.33. The van der Waals surface area contributed by atoms with Crippen LogP contribution in [0, 0.1) is 0 Å². The van der Waals surface area contributed by atoms with Gasteiger partial charge in [-0.1, -0.05) is 29.8 Å². The molecule has 0 saturated heterocycles. The SMILES string of the molecule is CC1(C)N=C(N)N=C(N)N1c1ccc(CCCCc2ccc(S(=O)(=O)F)cc2)c(Cl)c1.CCS(=O)(=O)O. The third kappa shape index (κ3) is 9.26. The van der Waals surface area contributed by atoms with Gasteiger partial charge in [0.25, 0.3) is 10.1 Å². The van der Waals surface area contributed by atoms with E-state index >= 15 is 0 Å². The number of hydrogen-bond donors (Lipinski definition) is 3. The highest BCUT2D eigenvalue weighted by Crippen LogP contribution is 2.31. The largest absolute Gasteiger partial charge is 0.369 e. The minimum absolute atomic E-state index is 0.141. The molecule has 0 saturated carbocycles. The second kappa shape index (κ2) is 12.2. The Hall–Kier alpha value is -2.74. The Bertz CT molecular complexity index is 1380. The van der Waals surface area contributed by atoms with Gasteiger partial charge < -0.3 is 11.5 Å². The zero-order valence-electron chi connectivity index (χ0n) is 20.7. The van der Waals surface area contributed by atoms with Crippen molar-refractivity contribution in [1.29, 1.82) is 0 Å². The number of benzene rings is 2. The fourth-order valence-electron chi connectivity index (χ4n) is 3.59. The minimum Gasteiger partial charge on any atom is -0.369 e. The first-order valence-electron chi connectivity index (χ1n) is 11.3. The molecule has 0 unspecified atom stereocenters. The van der Waals surface area contributed by atoms with E-state index in [2.05, 4.69) is 9.98 Å². The Balaban J connectivity index is 0.000000717. The van der Waals surface area contributed by atoms with Crippen molar-refractivity contribution in [2.45, 2.75) is 57.0 Å². The first-order chi connectivity index (χ1) is 17.0. The van der Waals surface area contributed by atoms with E-state index in [0.717, 1.165) is 42.5 Å². The van der Waals surface area contributed by atoms with Gasteiger partial charge in [0.05, 0.1) is 10.6 Å². The maximum Gasteiger partial charge on any atom is 0.332 e. The van der Waals surface area contributed by atoms with Gasteiger partial charge >= 0.3 is 10.2 Å². The molecule has 37 heavy (non-hydrogen) atoms. The van der Waals surface area contributed by atoms with Gasteiger partial charge in [-0.15, -0.1) is 3.89 Å². The quantitative estimate of drug-likeness (QED) is 0.243. The molecule has 2 aromatic carbocycles. The normalized spacial score (nSPS) is 15.4. The van der Waals surface area contributed by atoms with Gasteiger partial charge in [-0.05, 0) is 81.8 Å². The molecule has 0 spiro atoms. The van der Waals surface area contributed by atoms with Gasteiger partial charge in [0.1, 0.15) is 5.66 Å². The van der Waals surface area contributed by atoms with Gasteiger partial charge in [0.15, 0.2) is 0 Å². The number of guanidine groups is 2. The van der Waals surface area contributed by atoms with Crippen molar-refractivity contribution < 1.29 is 25.3 Å². The fourth-order valence-corrected chi connectivity index (χ4v) is 4.32. The smallest absolute Gasteiger partial charge is 0.332 e. The molecule has 0 aliphatic carbocycles.